The number of ketones is 1. The summed E-state index contributed by atoms with van der Waals surface area (Å²) in [5, 5.41) is 0. The molecule has 0 saturated carbocycles. The molecule has 0 N–H and O–H groups in total. The molecule has 0 aliphatic carbocycles. The molecular weight excluding hydrogens is 272 g/mol. The molecule has 0 aliphatic rings. The molecule has 0 saturated heterocycles. The second-order valence-corrected chi connectivity index (χ2v) is 5.00. The lowest BCUT2D eigenvalue weighted by molar-refractivity contribution is -0.143. The highest BCUT2D eigenvalue weighted by Gasteiger charge is 2.40. The lowest BCUT2D eigenvalue weighted by Crippen LogP contribution is -2.39. The van der Waals surface area contributed by atoms with Crippen LogP contribution in [0.1, 0.15) is 24.2 Å². The van der Waals surface area contributed by atoms with Crippen LogP contribution in [-0.4, -0.2) is 22.7 Å². The summed E-state index contributed by atoms with van der Waals surface area (Å²) in [7, 11) is 0. The fourth-order valence-corrected chi connectivity index (χ4v) is 1.56. The Morgan fingerprint density at radius 3 is 2.38 bits per heavy atom. The Morgan fingerprint density at radius 2 is 1.88 bits per heavy atom. The topological polar surface area (TPSA) is 43.4 Å². The fraction of sp³-hybridized carbons (Fsp3) is 0.333. The minimum absolute atomic E-state index is 0.252. The number of esters is 1. The van der Waals surface area contributed by atoms with Crippen LogP contribution in [0.15, 0.2) is 30.3 Å². The van der Waals surface area contributed by atoms with Crippen molar-refractivity contribution in [1.29, 1.82) is 0 Å². The van der Waals surface area contributed by atoms with E-state index in [2.05, 4.69) is 15.9 Å². The third kappa shape index (κ3) is 2.70. The first-order valence-electron chi connectivity index (χ1n) is 4.96. The van der Waals surface area contributed by atoms with Crippen LogP contribution in [0, 0.1) is 0 Å². The predicted octanol–water partition coefficient (Wildman–Crippen LogP) is 2.59. The van der Waals surface area contributed by atoms with Gasteiger partial charge in [-0.25, -0.2) is 0 Å². The third-order valence-corrected chi connectivity index (χ3v) is 2.81. The van der Waals surface area contributed by atoms with Gasteiger partial charge in [-0.3, -0.25) is 9.59 Å². The molecule has 0 aliphatic heterocycles. The summed E-state index contributed by atoms with van der Waals surface area (Å²) >= 11 is 3.13. The molecule has 0 unspecified atom stereocenters. The van der Waals surface area contributed by atoms with E-state index in [1.165, 1.54) is 6.92 Å². The third-order valence-electron chi connectivity index (χ3n) is 2.12. The maximum atomic E-state index is 12.0. The van der Waals surface area contributed by atoms with Crippen LogP contribution < -0.4 is 0 Å². The summed E-state index contributed by atoms with van der Waals surface area (Å²) < 4.78 is 3.53. The van der Waals surface area contributed by atoms with Crippen molar-refractivity contribution in [1.82, 2.24) is 0 Å². The van der Waals surface area contributed by atoms with Gasteiger partial charge in [-0.2, -0.15) is 0 Å². The summed E-state index contributed by atoms with van der Waals surface area (Å²) in [5.74, 6) is -0.865. The average Bonchev–Trinajstić information content (AvgIpc) is 2.29. The number of alkyl halides is 1. The van der Waals surface area contributed by atoms with Crippen molar-refractivity contribution in [3.8, 4) is 0 Å². The minimum atomic E-state index is -1.32. The van der Waals surface area contributed by atoms with Gasteiger partial charge in [-0.1, -0.05) is 46.3 Å². The monoisotopic (exact) mass is 284 g/mol. The molecular formula is C12H13BrO3. The second-order valence-electron chi connectivity index (χ2n) is 3.42. The van der Waals surface area contributed by atoms with Gasteiger partial charge in [0.2, 0.25) is 0 Å². The van der Waals surface area contributed by atoms with Crippen molar-refractivity contribution in [2.45, 2.75) is 18.2 Å². The lowest BCUT2D eigenvalue weighted by Gasteiger charge is -2.18. The molecule has 1 atom stereocenters. The Labute approximate surface area is 103 Å². The first-order chi connectivity index (χ1) is 7.50. The van der Waals surface area contributed by atoms with E-state index in [1.807, 2.05) is 6.07 Å². The van der Waals surface area contributed by atoms with E-state index in [1.54, 1.807) is 31.2 Å². The molecule has 3 nitrogen and oxygen atoms in total. The largest absolute Gasteiger partial charge is 0.465 e. The summed E-state index contributed by atoms with van der Waals surface area (Å²) in [5.41, 5.74) is 0.481. The standard InChI is InChI=1S/C12H13BrO3/c1-3-16-11(15)12(2,13)10(14)9-7-5-4-6-8-9/h4-8H,3H2,1-2H3/t12-/m0/s1. The minimum Gasteiger partial charge on any atom is -0.465 e. The van der Waals surface area contributed by atoms with Crippen molar-refractivity contribution in [2.75, 3.05) is 6.61 Å². The first kappa shape index (κ1) is 12.9. The molecule has 0 amide bonds. The van der Waals surface area contributed by atoms with Crippen LogP contribution in [0.3, 0.4) is 0 Å². The van der Waals surface area contributed by atoms with Gasteiger partial charge in [-0.15, -0.1) is 0 Å². The zero-order valence-electron chi connectivity index (χ0n) is 9.20. The van der Waals surface area contributed by atoms with Crippen molar-refractivity contribution < 1.29 is 14.3 Å². The molecule has 16 heavy (non-hydrogen) atoms. The van der Waals surface area contributed by atoms with Crippen molar-refractivity contribution in [3.63, 3.8) is 0 Å². The summed E-state index contributed by atoms with van der Waals surface area (Å²) in [4.78, 5) is 23.6. The van der Waals surface area contributed by atoms with Gasteiger partial charge < -0.3 is 4.74 Å². The molecule has 1 aromatic carbocycles. The fourth-order valence-electron chi connectivity index (χ4n) is 1.22. The normalized spacial score (nSPS) is 13.9. The number of Topliss-reactive ketones (excluding diaryl/α,β-unsaturated/α-hetero) is 1. The molecule has 0 fully saturated rings. The Kier molecular flexibility index (Phi) is 4.24. The van der Waals surface area contributed by atoms with Gasteiger partial charge in [0, 0.05) is 5.56 Å². The van der Waals surface area contributed by atoms with Gasteiger partial charge in [0.1, 0.15) is 0 Å². The Balaban J connectivity index is 2.92. The predicted molar refractivity (Wildman–Crippen MR) is 64.7 cm³/mol. The number of benzene rings is 1. The van der Waals surface area contributed by atoms with E-state index < -0.39 is 10.3 Å². The highest BCUT2D eigenvalue weighted by Crippen LogP contribution is 2.24. The zero-order chi connectivity index (χ0) is 12.2. The summed E-state index contributed by atoms with van der Waals surface area (Å²) in [6.45, 7) is 3.45. The molecule has 0 aromatic heterocycles. The van der Waals surface area contributed by atoms with Crippen molar-refractivity contribution in [2.24, 2.45) is 0 Å². The highest BCUT2D eigenvalue weighted by molar-refractivity contribution is 9.10. The van der Waals surface area contributed by atoms with Crippen LogP contribution in [0.5, 0.6) is 0 Å². The number of rotatable bonds is 4. The van der Waals surface area contributed by atoms with Crippen LogP contribution in [0.25, 0.3) is 0 Å². The van der Waals surface area contributed by atoms with Gasteiger partial charge >= 0.3 is 5.97 Å². The smallest absolute Gasteiger partial charge is 0.330 e. The van der Waals surface area contributed by atoms with Gasteiger partial charge in [0.15, 0.2) is 10.1 Å². The first-order valence-corrected chi connectivity index (χ1v) is 5.75. The van der Waals surface area contributed by atoms with Gasteiger partial charge in [0.25, 0.3) is 0 Å². The van der Waals surface area contributed by atoms with E-state index in [9.17, 15) is 9.59 Å². The SMILES string of the molecule is CCOC(=O)[C@@](C)(Br)C(=O)c1ccccc1. The van der Waals surface area contributed by atoms with Gasteiger partial charge in [0.05, 0.1) is 6.61 Å². The van der Waals surface area contributed by atoms with E-state index in [0.29, 0.717) is 5.56 Å². The van der Waals surface area contributed by atoms with Crippen LogP contribution in [-0.2, 0) is 9.53 Å². The molecule has 0 spiro atoms. The Morgan fingerprint density at radius 1 is 1.31 bits per heavy atom. The Hall–Kier alpha value is -1.16. The van der Waals surface area contributed by atoms with Gasteiger partial charge in [-0.05, 0) is 13.8 Å². The number of ether oxygens (including phenoxy) is 1. The highest BCUT2D eigenvalue weighted by atomic mass is 79.9. The number of carbonyl (C=O) groups is 2. The van der Waals surface area contributed by atoms with Crippen LogP contribution >= 0.6 is 15.9 Å². The summed E-state index contributed by atoms with van der Waals surface area (Å²) in [6.07, 6.45) is 0. The molecule has 0 radical (unpaired) electrons. The van der Waals surface area contributed by atoms with Crippen molar-refractivity contribution in [3.05, 3.63) is 35.9 Å². The number of hydrogen-bond acceptors (Lipinski definition) is 3. The summed E-state index contributed by atoms with van der Waals surface area (Å²) in [6, 6.07) is 8.65. The zero-order valence-corrected chi connectivity index (χ0v) is 10.8. The maximum absolute atomic E-state index is 12.0. The molecule has 0 heterocycles. The molecule has 1 aromatic rings. The van der Waals surface area contributed by atoms with E-state index in [0.717, 1.165) is 0 Å². The van der Waals surface area contributed by atoms with E-state index in [-0.39, 0.29) is 12.4 Å². The van der Waals surface area contributed by atoms with Crippen molar-refractivity contribution >= 4 is 27.7 Å². The average molecular weight is 285 g/mol. The molecule has 86 valence electrons. The van der Waals surface area contributed by atoms with E-state index >= 15 is 0 Å². The Bertz CT molecular complexity index is 385. The second kappa shape index (κ2) is 5.25. The molecule has 4 heteroatoms. The van der Waals surface area contributed by atoms with Crippen LogP contribution in [0.4, 0.5) is 0 Å². The molecule has 0 bridgehead atoms. The molecule has 1 rings (SSSR count). The number of halogens is 1. The maximum Gasteiger partial charge on any atom is 0.330 e. The number of hydrogen-bond donors (Lipinski definition) is 0. The lowest BCUT2D eigenvalue weighted by atomic mass is 9.99. The van der Waals surface area contributed by atoms with E-state index in [4.69, 9.17) is 4.74 Å². The quantitative estimate of drug-likeness (QED) is 0.369. The number of carbonyl (C=O) groups excluding carboxylic acids is 2. The van der Waals surface area contributed by atoms with Crippen LogP contribution in [0.2, 0.25) is 0 Å².